The number of allylic oxidation sites excluding steroid dienone is 14. The van der Waals surface area contributed by atoms with E-state index >= 15 is 0 Å². The molecule has 0 aromatic carbocycles. The highest BCUT2D eigenvalue weighted by atomic mass is 16.7. The summed E-state index contributed by atoms with van der Waals surface area (Å²) in [7, 11) is 0. The van der Waals surface area contributed by atoms with Gasteiger partial charge in [-0.25, -0.2) is 0 Å². The fraction of sp³-hybridized carbons (Fsp3) is 0.717. The van der Waals surface area contributed by atoms with E-state index in [1.807, 2.05) is 0 Å². The Kier molecular flexibility index (Phi) is 40.4. The predicted molar refractivity (Wildman–Crippen MR) is 256 cm³/mol. The normalized spacial score (nSPS) is 20.5. The minimum absolute atomic E-state index is 0.115. The van der Waals surface area contributed by atoms with Crippen LogP contribution < -0.4 is 0 Å². The molecule has 0 radical (unpaired) electrons. The van der Waals surface area contributed by atoms with Gasteiger partial charge in [0.2, 0.25) is 0 Å². The third-order valence-corrected chi connectivity index (χ3v) is 10.8. The third-order valence-electron chi connectivity index (χ3n) is 10.8. The Morgan fingerprint density at radius 1 is 0.532 bits per heavy atom. The van der Waals surface area contributed by atoms with E-state index in [-0.39, 0.29) is 19.2 Å². The van der Waals surface area contributed by atoms with Crippen LogP contribution in [0, 0.1) is 0 Å². The van der Waals surface area contributed by atoms with Crippen molar-refractivity contribution in [2.75, 3.05) is 26.4 Å². The molecule has 1 saturated heterocycles. The van der Waals surface area contributed by atoms with Gasteiger partial charge in [-0.2, -0.15) is 0 Å². The molecule has 0 aliphatic carbocycles. The topological polar surface area (TPSA) is 135 Å². The summed E-state index contributed by atoms with van der Waals surface area (Å²) >= 11 is 0. The zero-order chi connectivity index (χ0) is 45.0. The Morgan fingerprint density at radius 2 is 0.984 bits per heavy atom. The van der Waals surface area contributed by atoms with Gasteiger partial charge in [-0.15, -0.1) is 0 Å². The molecule has 6 atom stereocenters. The molecule has 1 aliphatic rings. The third kappa shape index (κ3) is 33.9. The van der Waals surface area contributed by atoms with Crippen LogP contribution >= 0.6 is 0 Å². The van der Waals surface area contributed by atoms with Crippen LogP contribution in [-0.2, 0) is 23.7 Å². The number of hydrogen-bond donors (Lipinski definition) is 4. The van der Waals surface area contributed by atoms with Crippen LogP contribution in [0.2, 0.25) is 0 Å². The monoisotopic (exact) mass is 871 g/mol. The van der Waals surface area contributed by atoms with Gasteiger partial charge in [-0.05, 0) is 89.9 Å². The molecular formula is C53H90O9. The van der Waals surface area contributed by atoms with Gasteiger partial charge in [0, 0.05) is 13.0 Å². The average molecular weight is 871 g/mol. The van der Waals surface area contributed by atoms with E-state index < -0.39 is 43.4 Å². The van der Waals surface area contributed by atoms with E-state index in [0.29, 0.717) is 13.0 Å². The number of esters is 1. The van der Waals surface area contributed by atoms with Gasteiger partial charge in [-0.1, -0.05) is 170 Å². The minimum atomic E-state index is -1.55. The summed E-state index contributed by atoms with van der Waals surface area (Å²) in [6, 6.07) is 0. The van der Waals surface area contributed by atoms with Crippen LogP contribution in [0.1, 0.15) is 181 Å². The Balaban J connectivity index is 2.25. The molecule has 9 nitrogen and oxygen atoms in total. The van der Waals surface area contributed by atoms with Crippen molar-refractivity contribution in [2.24, 2.45) is 0 Å². The first-order chi connectivity index (χ1) is 30.4. The Bertz CT molecular complexity index is 1220. The van der Waals surface area contributed by atoms with Gasteiger partial charge in [0.25, 0.3) is 0 Å². The minimum Gasteiger partial charge on any atom is -0.457 e. The predicted octanol–water partition coefficient (Wildman–Crippen LogP) is 11.8. The summed E-state index contributed by atoms with van der Waals surface area (Å²) < 4.78 is 22.8. The van der Waals surface area contributed by atoms with Crippen LogP contribution in [0.3, 0.4) is 0 Å². The largest absolute Gasteiger partial charge is 0.457 e. The first-order valence-electron chi connectivity index (χ1n) is 24.7. The van der Waals surface area contributed by atoms with E-state index in [1.165, 1.54) is 64.2 Å². The highest BCUT2D eigenvalue weighted by molar-refractivity contribution is 5.69. The molecule has 1 rings (SSSR count). The van der Waals surface area contributed by atoms with Crippen molar-refractivity contribution >= 4 is 5.97 Å². The molecule has 9 heteroatoms. The Hall–Kier alpha value is -2.63. The molecule has 356 valence electrons. The van der Waals surface area contributed by atoms with Crippen LogP contribution in [0.4, 0.5) is 0 Å². The molecule has 0 saturated carbocycles. The molecular weight excluding hydrogens is 781 g/mol. The van der Waals surface area contributed by atoms with E-state index in [2.05, 4.69) is 98.9 Å². The first-order valence-corrected chi connectivity index (χ1v) is 24.7. The fourth-order valence-corrected chi connectivity index (χ4v) is 6.96. The summed E-state index contributed by atoms with van der Waals surface area (Å²) in [4.78, 5) is 12.8. The maximum absolute atomic E-state index is 12.8. The van der Waals surface area contributed by atoms with Crippen molar-refractivity contribution in [3.05, 3.63) is 85.1 Å². The highest BCUT2D eigenvalue weighted by Gasteiger charge is 2.44. The fourth-order valence-electron chi connectivity index (χ4n) is 6.96. The van der Waals surface area contributed by atoms with E-state index in [9.17, 15) is 25.2 Å². The lowest BCUT2D eigenvalue weighted by Crippen LogP contribution is -2.59. The lowest BCUT2D eigenvalue weighted by Gasteiger charge is -2.39. The summed E-state index contributed by atoms with van der Waals surface area (Å²) in [5.41, 5.74) is 0. The lowest BCUT2D eigenvalue weighted by atomic mass is 9.99. The molecule has 1 heterocycles. The lowest BCUT2D eigenvalue weighted by molar-refractivity contribution is -0.305. The van der Waals surface area contributed by atoms with Crippen molar-refractivity contribution in [3.8, 4) is 0 Å². The van der Waals surface area contributed by atoms with Crippen molar-refractivity contribution < 1.29 is 44.2 Å². The van der Waals surface area contributed by atoms with E-state index in [0.717, 1.165) is 96.3 Å². The van der Waals surface area contributed by atoms with Crippen LogP contribution in [-0.4, -0.2) is 89.6 Å². The molecule has 1 aliphatic heterocycles. The van der Waals surface area contributed by atoms with Gasteiger partial charge in [0.05, 0.1) is 19.8 Å². The number of hydrogen-bond acceptors (Lipinski definition) is 9. The van der Waals surface area contributed by atoms with Crippen molar-refractivity contribution in [3.63, 3.8) is 0 Å². The summed E-state index contributed by atoms with van der Waals surface area (Å²) in [5.74, 6) is -0.335. The van der Waals surface area contributed by atoms with Gasteiger partial charge < -0.3 is 39.4 Å². The SMILES string of the molecule is CC/C=C\C/C=C\C/C=C\C/C=C\CCCCCOCC(COC1OC(CO)C(O)C(O)C1O)OC(=O)CCCCCCCCCC/C=C\C/C=C\C/C=C\CCCCCCC. The maximum Gasteiger partial charge on any atom is 0.306 e. The standard InChI is InChI=1S/C53H90O9/c1-3-5-7-9-11-13-15-17-19-21-22-23-24-25-26-27-28-30-32-34-36-38-40-42-49(55)61-47(46-60-53-52(58)51(57)50(56)48(44-54)62-53)45-59-43-41-39-37-35-33-31-29-20-18-16-14-12-10-8-6-4-2/h6,8,12,14-15,17-18,20-22,24-25,31,33,47-48,50-54,56-58H,3-5,7,9-11,13,16,19,23,26-30,32,34-46H2,1-2H3/b8-6-,14-12-,17-15-,20-18-,22-21-,25-24-,33-31-. The Morgan fingerprint density at radius 3 is 1.48 bits per heavy atom. The van der Waals surface area contributed by atoms with Crippen LogP contribution in [0.15, 0.2) is 85.1 Å². The smallest absolute Gasteiger partial charge is 0.306 e. The van der Waals surface area contributed by atoms with Crippen LogP contribution in [0.25, 0.3) is 0 Å². The van der Waals surface area contributed by atoms with Gasteiger partial charge in [-0.3, -0.25) is 4.79 Å². The van der Waals surface area contributed by atoms with Gasteiger partial charge >= 0.3 is 5.97 Å². The average Bonchev–Trinajstić information content (AvgIpc) is 3.27. The second-order valence-corrected chi connectivity index (χ2v) is 16.5. The van der Waals surface area contributed by atoms with Crippen LogP contribution in [0.5, 0.6) is 0 Å². The molecule has 1 fully saturated rings. The molecule has 6 unspecified atom stereocenters. The van der Waals surface area contributed by atoms with E-state index in [1.54, 1.807) is 0 Å². The van der Waals surface area contributed by atoms with E-state index in [4.69, 9.17) is 18.9 Å². The zero-order valence-electron chi connectivity index (χ0n) is 39.1. The van der Waals surface area contributed by atoms with Gasteiger partial charge in [0.1, 0.15) is 30.5 Å². The van der Waals surface area contributed by atoms with Crippen molar-refractivity contribution in [1.29, 1.82) is 0 Å². The summed E-state index contributed by atoms with van der Waals surface area (Å²) in [6.07, 6.45) is 51.8. The second kappa shape index (κ2) is 43.6. The maximum atomic E-state index is 12.8. The highest BCUT2D eigenvalue weighted by Crippen LogP contribution is 2.22. The quantitative estimate of drug-likeness (QED) is 0.0269. The number of rotatable bonds is 41. The summed E-state index contributed by atoms with van der Waals surface area (Å²) in [5, 5.41) is 40.2. The number of carbonyl (C=O) groups is 1. The first kappa shape index (κ1) is 57.4. The molecule has 0 aromatic heterocycles. The number of aliphatic hydroxyl groups is 4. The molecule has 0 spiro atoms. The molecule has 62 heavy (non-hydrogen) atoms. The zero-order valence-corrected chi connectivity index (χ0v) is 39.1. The Labute approximate surface area is 378 Å². The number of carbonyl (C=O) groups excluding carboxylic acids is 1. The second-order valence-electron chi connectivity index (χ2n) is 16.5. The number of unbranched alkanes of at least 4 members (excludes halogenated alkanes) is 16. The van der Waals surface area contributed by atoms with Crippen molar-refractivity contribution in [2.45, 2.75) is 218 Å². The van der Waals surface area contributed by atoms with Gasteiger partial charge in [0.15, 0.2) is 6.29 Å². The summed E-state index contributed by atoms with van der Waals surface area (Å²) in [6.45, 7) is 4.34. The number of aliphatic hydroxyl groups excluding tert-OH is 4. The molecule has 0 aromatic rings. The molecule has 4 N–H and O–H groups in total. The molecule has 0 amide bonds. The van der Waals surface area contributed by atoms with Crippen molar-refractivity contribution in [1.82, 2.24) is 0 Å². The number of ether oxygens (including phenoxy) is 4. The molecule has 0 bridgehead atoms.